The van der Waals surface area contributed by atoms with Gasteiger partial charge in [0, 0.05) is 5.02 Å². The number of carbonyl (C=O) groups is 1. The van der Waals surface area contributed by atoms with Crippen LogP contribution >= 0.6 is 11.6 Å². The first-order valence-electron chi connectivity index (χ1n) is 4.34. The third-order valence-electron chi connectivity index (χ3n) is 1.94. The van der Waals surface area contributed by atoms with E-state index >= 15 is 0 Å². The molecule has 0 aliphatic rings. The highest BCUT2D eigenvalue weighted by Crippen LogP contribution is 2.21. The zero-order valence-corrected chi connectivity index (χ0v) is 8.99. The fourth-order valence-corrected chi connectivity index (χ4v) is 1.45. The Morgan fingerprint density at radius 1 is 1.60 bits per heavy atom. The van der Waals surface area contributed by atoms with Crippen LogP contribution in [0.3, 0.4) is 0 Å². The van der Waals surface area contributed by atoms with E-state index in [0.29, 0.717) is 10.8 Å². The zero-order valence-electron chi connectivity index (χ0n) is 8.24. The minimum atomic E-state index is -1.03. The Kier molecular flexibility index (Phi) is 3.94. The van der Waals surface area contributed by atoms with Crippen molar-refractivity contribution in [2.24, 2.45) is 5.73 Å². The van der Waals surface area contributed by atoms with E-state index in [9.17, 15) is 4.79 Å². The highest BCUT2D eigenvalue weighted by atomic mass is 35.5. The highest BCUT2D eigenvalue weighted by molar-refractivity contribution is 6.30. The number of hydrogen-bond donors (Lipinski definition) is 2. The maximum atomic E-state index is 10.6. The van der Waals surface area contributed by atoms with Gasteiger partial charge in [-0.15, -0.1) is 0 Å². The average molecular weight is 230 g/mol. The molecule has 1 aromatic rings. The van der Waals surface area contributed by atoms with Crippen molar-refractivity contribution in [2.45, 2.75) is 12.5 Å². The van der Waals surface area contributed by atoms with Gasteiger partial charge in [-0.1, -0.05) is 11.6 Å². The average Bonchev–Trinajstić information content (AvgIpc) is 2.16. The van der Waals surface area contributed by atoms with Crippen LogP contribution in [0.5, 0.6) is 5.75 Å². The normalized spacial score (nSPS) is 12.2. The zero-order chi connectivity index (χ0) is 11.4. The van der Waals surface area contributed by atoms with Crippen LogP contribution in [0.15, 0.2) is 18.2 Å². The maximum absolute atomic E-state index is 10.6. The molecule has 1 rings (SSSR count). The number of ether oxygens (including phenoxy) is 1. The molecule has 0 aliphatic carbocycles. The lowest BCUT2D eigenvalue weighted by Crippen LogP contribution is -2.32. The van der Waals surface area contributed by atoms with Crippen LogP contribution in [0, 0.1) is 0 Å². The molecule has 3 N–H and O–H groups in total. The lowest BCUT2D eigenvalue weighted by molar-refractivity contribution is -0.138. The van der Waals surface area contributed by atoms with Gasteiger partial charge in [0.15, 0.2) is 0 Å². The number of rotatable bonds is 4. The third kappa shape index (κ3) is 3.42. The molecule has 1 aromatic carbocycles. The number of hydrogen-bond acceptors (Lipinski definition) is 3. The molecule has 0 radical (unpaired) electrons. The van der Waals surface area contributed by atoms with Gasteiger partial charge in [-0.2, -0.15) is 0 Å². The molecule has 0 bridgehead atoms. The summed E-state index contributed by atoms with van der Waals surface area (Å²) in [5, 5.41) is 9.15. The lowest BCUT2D eigenvalue weighted by atomic mass is 10.1. The smallest absolute Gasteiger partial charge is 0.320 e. The second kappa shape index (κ2) is 5.00. The van der Waals surface area contributed by atoms with Crippen molar-refractivity contribution < 1.29 is 14.6 Å². The molecule has 0 saturated carbocycles. The fraction of sp³-hybridized carbons (Fsp3) is 0.300. The summed E-state index contributed by atoms with van der Waals surface area (Å²) in [6.07, 6.45) is 0.228. The summed E-state index contributed by atoms with van der Waals surface area (Å²) in [6, 6.07) is 4.12. The van der Waals surface area contributed by atoms with Crippen molar-refractivity contribution in [3.63, 3.8) is 0 Å². The Hall–Kier alpha value is -1.26. The van der Waals surface area contributed by atoms with Crippen molar-refractivity contribution in [1.82, 2.24) is 0 Å². The minimum absolute atomic E-state index is 0.228. The topological polar surface area (TPSA) is 72.5 Å². The summed E-state index contributed by atoms with van der Waals surface area (Å²) in [5.41, 5.74) is 6.15. The summed E-state index contributed by atoms with van der Waals surface area (Å²) in [4.78, 5) is 10.6. The quantitative estimate of drug-likeness (QED) is 0.817. The first kappa shape index (κ1) is 11.8. The lowest BCUT2D eigenvalue weighted by Gasteiger charge is -2.08. The SMILES string of the molecule is COc1cc(Cl)cc(C[C@@H](N)C(=O)O)c1. The van der Waals surface area contributed by atoms with Gasteiger partial charge in [0.05, 0.1) is 7.11 Å². The molecule has 5 heteroatoms. The van der Waals surface area contributed by atoms with Crippen molar-refractivity contribution in [3.05, 3.63) is 28.8 Å². The van der Waals surface area contributed by atoms with Crippen molar-refractivity contribution in [1.29, 1.82) is 0 Å². The number of methoxy groups -OCH3 is 1. The number of benzene rings is 1. The van der Waals surface area contributed by atoms with E-state index in [2.05, 4.69) is 0 Å². The van der Waals surface area contributed by atoms with Crippen LogP contribution in [0.25, 0.3) is 0 Å². The van der Waals surface area contributed by atoms with Gasteiger partial charge in [0.25, 0.3) is 0 Å². The predicted octanol–water partition coefficient (Wildman–Crippen LogP) is 1.30. The number of aliphatic carboxylic acids is 1. The Morgan fingerprint density at radius 2 is 2.27 bits per heavy atom. The molecule has 0 heterocycles. The minimum Gasteiger partial charge on any atom is -0.497 e. The summed E-state index contributed by atoms with van der Waals surface area (Å²) in [7, 11) is 1.52. The molecule has 0 amide bonds. The van der Waals surface area contributed by atoms with Gasteiger partial charge in [-0.05, 0) is 30.2 Å². The van der Waals surface area contributed by atoms with Crippen LogP contribution < -0.4 is 10.5 Å². The molecule has 1 atom stereocenters. The largest absolute Gasteiger partial charge is 0.497 e. The van der Waals surface area contributed by atoms with E-state index < -0.39 is 12.0 Å². The summed E-state index contributed by atoms with van der Waals surface area (Å²) >= 11 is 5.82. The van der Waals surface area contributed by atoms with Crippen LogP contribution in [-0.4, -0.2) is 24.2 Å². The Labute approximate surface area is 92.6 Å². The molecule has 0 fully saturated rings. The van der Waals surface area contributed by atoms with Crippen LogP contribution in [0.1, 0.15) is 5.56 Å². The summed E-state index contributed by atoms with van der Waals surface area (Å²) in [5.74, 6) is -0.441. The maximum Gasteiger partial charge on any atom is 0.320 e. The van der Waals surface area contributed by atoms with E-state index in [1.165, 1.54) is 7.11 Å². The van der Waals surface area contributed by atoms with Gasteiger partial charge < -0.3 is 15.6 Å². The second-order valence-electron chi connectivity index (χ2n) is 3.15. The fourth-order valence-electron chi connectivity index (χ4n) is 1.20. The first-order chi connectivity index (χ1) is 7.02. The molecule has 4 nitrogen and oxygen atoms in total. The molecular weight excluding hydrogens is 218 g/mol. The summed E-state index contributed by atoms with van der Waals surface area (Å²) in [6.45, 7) is 0. The van der Waals surface area contributed by atoms with E-state index in [-0.39, 0.29) is 6.42 Å². The molecule has 15 heavy (non-hydrogen) atoms. The number of nitrogens with two attached hydrogens (primary N) is 1. The molecule has 0 aromatic heterocycles. The molecular formula is C10H12ClNO3. The third-order valence-corrected chi connectivity index (χ3v) is 2.16. The molecule has 0 saturated heterocycles. The molecule has 0 unspecified atom stereocenters. The van der Waals surface area contributed by atoms with Crippen molar-refractivity contribution >= 4 is 17.6 Å². The van der Waals surface area contributed by atoms with Gasteiger partial charge in [-0.25, -0.2) is 0 Å². The number of carboxylic acid groups (broad SMARTS) is 1. The van der Waals surface area contributed by atoms with Gasteiger partial charge in [0.1, 0.15) is 11.8 Å². The first-order valence-corrected chi connectivity index (χ1v) is 4.72. The molecule has 0 spiro atoms. The van der Waals surface area contributed by atoms with Crippen LogP contribution in [-0.2, 0) is 11.2 Å². The number of halogens is 1. The van der Waals surface area contributed by atoms with Crippen molar-refractivity contribution in [3.8, 4) is 5.75 Å². The van der Waals surface area contributed by atoms with E-state index in [4.69, 9.17) is 27.2 Å². The standard InChI is InChI=1S/C10H12ClNO3/c1-15-8-3-6(2-7(11)5-8)4-9(12)10(13)14/h2-3,5,9H,4,12H2,1H3,(H,13,14)/t9-/m1/s1. The molecule has 82 valence electrons. The van der Waals surface area contributed by atoms with E-state index in [1.807, 2.05) is 0 Å². The van der Waals surface area contributed by atoms with Gasteiger partial charge in [0.2, 0.25) is 0 Å². The number of carboxylic acids is 1. The van der Waals surface area contributed by atoms with Crippen LogP contribution in [0.2, 0.25) is 5.02 Å². The van der Waals surface area contributed by atoms with Crippen LogP contribution in [0.4, 0.5) is 0 Å². The van der Waals surface area contributed by atoms with Gasteiger partial charge >= 0.3 is 5.97 Å². The Bertz CT molecular complexity index is 368. The Balaban J connectivity index is 2.85. The molecule has 0 aliphatic heterocycles. The Morgan fingerprint density at radius 3 is 2.80 bits per heavy atom. The van der Waals surface area contributed by atoms with E-state index in [1.54, 1.807) is 18.2 Å². The summed E-state index contributed by atoms with van der Waals surface area (Å²) < 4.78 is 5.01. The second-order valence-corrected chi connectivity index (χ2v) is 3.58. The highest BCUT2D eigenvalue weighted by Gasteiger charge is 2.12. The van der Waals surface area contributed by atoms with Crippen molar-refractivity contribution in [2.75, 3.05) is 7.11 Å². The van der Waals surface area contributed by atoms with E-state index in [0.717, 1.165) is 5.56 Å². The monoisotopic (exact) mass is 229 g/mol. The predicted molar refractivity (Wildman–Crippen MR) is 57.3 cm³/mol. The van der Waals surface area contributed by atoms with Gasteiger partial charge in [-0.3, -0.25) is 4.79 Å².